The lowest BCUT2D eigenvalue weighted by Gasteiger charge is -2.35. The molecule has 1 aliphatic rings. The Morgan fingerprint density at radius 3 is 2.76 bits per heavy atom. The summed E-state index contributed by atoms with van der Waals surface area (Å²) in [4.78, 5) is 21.5. The highest BCUT2D eigenvalue weighted by Gasteiger charge is 2.24. The van der Waals surface area contributed by atoms with Crippen LogP contribution in [0, 0.1) is 0 Å². The normalized spacial score (nSPS) is 14.7. The summed E-state index contributed by atoms with van der Waals surface area (Å²) in [6.45, 7) is 3.17. The van der Waals surface area contributed by atoms with Crippen molar-refractivity contribution in [1.82, 2.24) is 19.6 Å². The number of anilines is 1. The van der Waals surface area contributed by atoms with Gasteiger partial charge in [0.15, 0.2) is 5.82 Å². The number of fused-ring (bicyclic) bond motifs is 3. The van der Waals surface area contributed by atoms with Crippen molar-refractivity contribution >= 4 is 44.3 Å². The number of nitrogens with zero attached hydrogens (tertiary/aromatic N) is 4. The molecule has 4 aromatic rings. The van der Waals surface area contributed by atoms with Gasteiger partial charge in [-0.15, -0.1) is 0 Å². The SMILES string of the molecule is O=C(NCc1ccco1)N1CCN(c2nc3cc(Br)ccc3n3cccc23)CC1. The fraction of sp³-hybridized carbons (Fsp3) is 0.238. The highest BCUT2D eigenvalue weighted by atomic mass is 79.9. The second kappa shape index (κ2) is 7.44. The second-order valence-electron chi connectivity index (χ2n) is 7.04. The van der Waals surface area contributed by atoms with Crippen LogP contribution >= 0.6 is 15.9 Å². The van der Waals surface area contributed by atoms with E-state index >= 15 is 0 Å². The zero-order valence-corrected chi connectivity index (χ0v) is 17.3. The molecule has 3 aromatic heterocycles. The summed E-state index contributed by atoms with van der Waals surface area (Å²) < 4.78 is 8.45. The topological polar surface area (TPSA) is 66.0 Å². The molecule has 0 saturated carbocycles. The van der Waals surface area contributed by atoms with Gasteiger partial charge in [-0.25, -0.2) is 9.78 Å². The van der Waals surface area contributed by atoms with Crippen LogP contribution in [0.2, 0.25) is 0 Å². The summed E-state index contributed by atoms with van der Waals surface area (Å²) in [5, 5.41) is 2.92. The van der Waals surface area contributed by atoms with E-state index in [1.807, 2.05) is 35.2 Å². The van der Waals surface area contributed by atoms with E-state index in [2.05, 4.69) is 48.9 Å². The summed E-state index contributed by atoms with van der Waals surface area (Å²) in [6, 6.07) is 13.9. The van der Waals surface area contributed by atoms with Gasteiger partial charge in [0.2, 0.25) is 0 Å². The van der Waals surface area contributed by atoms with Crippen LogP contribution < -0.4 is 10.2 Å². The number of nitrogens with one attached hydrogen (secondary N) is 1. The van der Waals surface area contributed by atoms with Crippen LogP contribution in [0.4, 0.5) is 10.6 Å². The highest BCUT2D eigenvalue weighted by Crippen LogP contribution is 2.27. The van der Waals surface area contributed by atoms with E-state index in [-0.39, 0.29) is 6.03 Å². The van der Waals surface area contributed by atoms with E-state index in [9.17, 15) is 4.79 Å². The Labute approximate surface area is 176 Å². The van der Waals surface area contributed by atoms with Crippen LogP contribution in [0.1, 0.15) is 5.76 Å². The first-order chi connectivity index (χ1) is 14.2. The number of rotatable bonds is 3. The van der Waals surface area contributed by atoms with Gasteiger partial charge in [-0.2, -0.15) is 0 Å². The Morgan fingerprint density at radius 1 is 1.10 bits per heavy atom. The highest BCUT2D eigenvalue weighted by molar-refractivity contribution is 9.10. The van der Waals surface area contributed by atoms with Gasteiger partial charge in [-0.05, 0) is 42.5 Å². The summed E-state index contributed by atoms with van der Waals surface area (Å²) in [5.74, 6) is 1.70. The Kier molecular flexibility index (Phi) is 4.63. The molecule has 0 spiro atoms. The zero-order chi connectivity index (χ0) is 19.8. The molecule has 7 nitrogen and oxygen atoms in total. The van der Waals surface area contributed by atoms with Crippen molar-refractivity contribution in [2.45, 2.75) is 6.54 Å². The van der Waals surface area contributed by atoms with E-state index in [0.717, 1.165) is 45.7 Å². The van der Waals surface area contributed by atoms with Crippen LogP contribution in [0.15, 0.2) is 63.8 Å². The number of aromatic nitrogens is 2. The van der Waals surface area contributed by atoms with Crippen molar-refractivity contribution in [3.63, 3.8) is 0 Å². The van der Waals surface area contributed by atoms with Gasteiger partial charge >= 0.3 is 6.03 Å². The first-order valence-corrected chi connectivity index (χ1v) is 10.3. The van der Waals surface area contributed by atoms with E-state index < -0.39 is 0 Å². The molecular formula is C21H20BrN5O2. The summed E-state index contributed by atoms with van der Waals surface area (Å²) in [5.41, 5.74) is 3.10. The zero-order valence-electron chi connectivity index (χ0n) is 15.7. The molecule has 0 aliphatic carbocycles. The van der Waals surface area contributed by atoms with Crippen molar-refractivity contribution in [3.05, 3.63) is 65.2 Å². The van der Waals surface area contributed by atoms with Gasteiger partial charge in [-0.3, -0.25) is 0 Å². The van der Waals surface area contributed by atoms with Crippen LogP contribution in [0.5, 0.6) is 0 Å². The number of urea groups is 1. The first kappa shape index (κ1) is 18.1. The number of carbonyl (C=O) groups is 1. The minimum atomic E-state index is -0.0655. The number of amides is 2. The molecular weight excluding hydrogens is 434 g/mol. The molecule has 1 aromatic carbocycles. The Morgan fingerprint density at radius 2 is 1.97 bits per heavy atom. The standard InChI is InChI=1S/C21H20BrN5O2/c22-15-5-6-18-17(13-15)24-20(19-4-1-7-27(18)19)25-8-10-26(11-9-25)21(28)23-14-16-3-2-12-29-16/h1-7,12-13H,8-11,14H2,(H,23,28). The molecule has 1 aliphatic heterocycles. The van der Waals surface area contributed by atoms with Crippen LogP contribution in [0.3, 0.4) is 0 Å². The van der Waals surface area contributed by atoms with Gasteiger partial charge < -0.3 is 23.9 Å². The van der Waals surface area contributed by atoms with Gasteiger partial charge in [0.1, 0.15) is 5.76 Å². The summed E-state index contributed by atoms with van der Waals surface area (Å²) in [6.07, 6.45) is 3.67. The molecule has 1 N–H and O–H groups in total. The lowest BCUT2D eigenvalue weighted by atomic mass is 10.2. The van der Waals surface area contributed by atoms with Crippen LogP contribution in [-0.4, -0.2) is 46.5 Å². The Balaban J connectivity index is 1.33. The lowest BCUT2D eigenvalue weighted by molar-refractivity contribution is 0.193. The molecule has 0 radical (unpaired) electrons. The first-order valence-electron chi connectivity index (χ1n) is 9.55. The third-order valence-electron chi connectivity index (χ3n) is 5.26. The fourth-order valence-corrected chi connectivity index (χ4v) is 4.13. The Bertz CT molecular complexity index is 1160. The number of furan rings is 1. The number of carbonyl (C=O) groups excluding carboxylic acids is 1. The summed E-state index contributed by atoms with van der Waals surface area (Å²) in [7, 11) is 0. The maximum absolute atomic E-state index is 12.4. The predicted octanol–water partition coefficient (Wildman–Crippen LogP) is 3.87. The van der Waals surface area contributed by atoms with Gasteiger partial charge in [0.25, 0.3) is 0 Å². The Hall–Kier alpha value is -3.00. The van der Waals surface area contributed by atoms with Gasteiger partial charge in [0, 0.05) is 36.8 Å². The van der Waals surface area contributed by atoms with Crippen LogP contribution in [0.25, 0.3) is 16.6 Å². The maximum Gasteiger partial charge on any atom is 0.317 e. The van der Waals surface area contributed by atoms with E-state index in [4.69, 9.17) is 9.40 Å². The number of halogens is 1. The summed E-state index contributed by atoms with van der Waals surface area (Å²) >= 11 is 3.54. The van der Waals surface area contributed by atoms with Crippen LogP contribution in [-0.2, 0) is 6.54 Å². The minimum Gasteiger partial charge on any atom is -0.467 e. The average Bonchev–Trinajstić information content (AvgIpc) is 3.43. The molecule has 5 rings (SSSR count). The third-order valence-corrected chi connectivity index (χ3v) is 5.75. The quantitative estimate of drug-likeness (QED) is 0.511. The molecule has 148 valence electrons. The molecule has 0 bridgehead atoms. The van der Waals surface area contributed by atoms with E-state index in [1.54, 1.807) is 6.26 Å². The second-order valence-corrected chi connectivity index (χ2v) is 7.96. The van der Waals surface area contributed by atoms with Gasteiger partial charge in [-0.1, -0.05) is 15.9 Å². The van der Waals surface area contributed by atoms with E-state index in [0.29, 0.717) is 19.6 Å². The third kappa shape index (κ3) is 3.44. The van der Waals surface area contributed by atoms with Crippen molar-refractivity contribution in [3.8, 4) is 0 Å². The van der Waals surface area contributed by atoms with E-state index in [1.165, 1.54) is 0 Å². The van der Waals surface area contributed by atoms with Gasteiger partial charge in [0.05, 0.1) is 29.4 Å². The number of piperazine rings is 1. The molecule has 29 heavy (non-hydrogen) atoms. The van der Waals surface area contributed by atoms with Crippen molar-refractivity contribution in [1.29, 1.82) is 0 Å². The average molecular weight is 454 g/mol. The molecule has 4 heterocycles. The molecule has 8 heteroatoms. The monoisotopic (exact) mass is 453 g/mol. The number of benzene rings is 1. The fourth-order valence-electron chi connectivity index (χ4n) is 3.78. The predicted molar refractivity (Wildman–Crippen MR) is 115 cm³/mol. The molecule has 0 unspecified atom stereocenters. The van der Waals surface area contributed by atoms with Crippen molar-refractivity contribution < 1.29 is 9.21 Å². The molecule has 1 fully saturated rings. The minimum absolute atomic E-state index is 0.0655. The number of hydrogen-bond acceptors (Lipinski definition) is 4. The number of hydrogen-bond donors (Lipinski definition) is 1. The smallest absolute Gasteiger partial charge is 0.317 e. The van der Waals surface area contributed by atoms with Crippen molar-refractivity contribution in [2.24, 2.45) is 0 Å². The lowest BCUT2D eigenvalue weighted by Crippen LogP contribution is -2.52. The molecule has 2 amide bonds. The largest absolute Gasteiger partial charge is 0.467 e. The molecule has 0 atom stereocenters. The van der Waals surface area contributed by atoms with Crippen molar-refractivity contribution in [2.75, 3.05) is 31.1 Å². The maximum atomic E-state index is 12.4. The molecule has 1 saturated heterocycles.